The predicted molar refractivity (Wildman–Crippen MR) is 123 cm³/mol. The number of hydrogen-bond donors (Lipinski definition) is 4. The van der Waals surface area contributed by atoms with Crippen LogP contribution in [0.4, 0.5) is 10.5 Å². The maximum atomic E-state index is 12.7. The van der Waals surface area contributed by atoms with Crippen molar-refractivity contribution in [1.82, 2.24) is 20.9 Å². The lowest BCUT2D eigenvalue weighted by molar-refractivity contribution is 0.233. The molecular formula is C24H28N6O. The van der Waals surface area contributed by atoms with Gasteiger partial charge in [-0.15, -0.1) is 0 Å². The number of fused-ring (bicyclic) bond motifs is 1. The van der Waals surface area contributed by atoms with Crippen LogP contribution in [0.3, 0.4) is 0 Å². The first-order valence-electron chi connectivity index (χ1n) is 10.8. The number of benzene rings is 2. The average Bonchev–Trinajstić information content (AvgIpc) is 3.22. The smallest absolute Gasteiger partial charge is 0.327 e. The molecule has 2 amide bonds. The number of nitrogens with zero attached hydrogens (tertiary/aromatic N) is 2. The van der Waals surface area contributed by atoms with Crippen LogP contribution in [0.25, 0.3) is 5.70 Å². The SMILES string of the molecule is NCc1ccc(N2C=C3C=C(c4cccc(CN5CCNCC5)c4)NC3NC2=O)cc1. The summed E-state index contributed by atoms with van der Waals surface area (Å²) >= 11 is 0. The van der Waals surface area contributed by atoms with Crippen molar-refractivity contribution in [3.8, 4) is 0 Å². The van der Waals surface area contributed by atoms with Gasteiger partial charge in [-0.3, -0.25) is 9.80 Å². The predicted octanol–water partition coefficient (Wildman–Crippen LogP) is 1.93. The Labute approximate surface area is 182 Å². The number of piperazine rings is 1. The number of hydrogen-bond acceptors (Lipinski definition) is 5. The van der Waals surface area contributed by atoms with Crippen molar-refractivity contribution >= 4 is 17.4 Å². The highest BCUT2D eigenvalue weighted by molar-refractivity contribution is 5.96. The van der Waals surface area contributed by atoms with Crippen molar-refractivity contribution in [2.24, 2.45) is 5.73 Å². The minimum atomic E-state index is -0.209. The molecule has 7 nitrogen and oxygen atoms in total. The summed E-state index contributed by atoms with van der Waals surface area (Å²) in [7, 11) is 0. The first-order valence-corrected chi connectivity index (χ1v) is 10.8. The lowest BCUT2D eigenvalue weighted by Gasteiger charge is -2.29. The van der Waals surface area contributed by atoms with Gasteiger partial charge in [-0.05, 0) is 41.0 Å². The third kappa shape index (κ3) is 4.20. The molecule has 0 spiro atoms. The molecule has 3 heterocycles. The first-order chi connectivity index (χ1) is 15.2. The normalized spacial score (nSPS) is 21.1. The molecule has 3 aliphatic heterocycles. The van der Waals surface area contributed by atoms with E-state index >= 15 is 0 Å². The number of urea groups is 1. The number of anilines is 1. The molecule has 5 N–H and O–H groups in total. The molecule has 5 rings (SSSR count). The Morgan fingerprint density at radius 3 is 2.58 bits per heavy atom. The molecule has 0 aliphatic carbocycles. The monoisotopic (exact) mass is 416 g/mol. The van der Waals surface area contributed by atoms with Crippen LogP contribution in [-0.2, 0) is 13.1 Å². The van der Waals surface area contributed by atoms with Gasteiger partial charge >= 0.3 is 6.03 Å². The van der Waals surface area contributed by atoms with Crippen molar-refractivity contribution in [2.75, 3.05) is 31.1 Å². The summed E-state index contributed by atoms with van der Waals surface area (Å²) in [6.07, 6.45) is 3.82. The second kappa shape index (κ2) is 8.55. The highest BCUT2D eigenvalue weighted by atomic mass is 16.2. The molecule has 0 radical (unpaired) electrons. The van der Waals surface area contributed by atoms with Crippen LogP contribution < -0.4 is 26.6 Å². The molecule has 1 atom stereocenters. The minimum Gasteiger partial charge on any atom is -0.361 e. The van der Waals surface area contributed by atoms with E-state index in [0.29, 0.717) is 6.54 Å². The molecule has 2 aromatic rings. The molecule has 7 heteroatoms. The summed E-state index contributed by atoms with van der Waals surface area (Å²) in [5, 5.41) is 9.90. The van der Waals surface area contributed by atoms with Crippen LogP contribution in [0, 0.1) is 0 Å². The van der Waals surface area contributed by atoms with E-state index in [1.165, 1.54) is 5.56 Å². The number of nitrogens with one attached hydrogen (secondary N) is 3. The van der Waals surface area contributed by atoms with Gasteiger partial charge in [0.05, 0.1) is 5.69 Å². The van der Waals surface area contributed by atoms with Crippen LogP contribution in [-0.4, -0.2) is 43.3 Å². The van der Waals surface area contributed by atoms with E-state index in [1.54, 1.807) is 4.90 Å². The Morgan fingerprint density at radius 1 is 1.00 bits per heavy atom. The van der Waals surface area contributed by atoms with E-state index in [-0.39, 0.29) is 12.2 Å². The van der Waals surface area contributed by atoms with Gasteiger partial charge in [0.25, 0.3) is 0 Å². The van der Waals surface area contributed by atoms with Gasteiger partial charge in [-0.2, -0.15) is 0 Å². The molecule has 1 saturated heterocycles. The zero-order chi connectivity index (χ0) is 21.2. The lowest BCUT2D eigenvalue weighted by Crippen LogP contribution is -2.51. The van der Waals surface area contributed by atoms with Gasteiger partial charge in [0.1, 0.15) is 6.17 Å². The second-order valence-corrected chi connectivity index (χ2v) is 8.18. The summed E-state index contributed by atoms with van der Waals surface area (Å²) in [6.45, 7) is 5.70. The highest BCUT2D eigenvalue weighted by Gasteiger charge is 2.31. The molecule has 2 aromatic carbocycles. The van der Waals surface area contributed by atoms with Gasteiger partial charge in [0.15, 0.2) is 0 Å². The standard InChI is InChI=1S/C24H28N6O/c25-14-17-4-6-21(7-5-17)30-16-20-13-22(27-23(20)28-24(30)31)19-3-1-2-18(12-19)15-29-10-8-26-9-11-29/h1-7,12-13,16,23,26-27H,8-11,14-15,25H2,(H,28,31). The summed E-state index contributed by atoms with van der Waals surface area (Å²) in [4.78, 5) is 16.8. The molecule has 31 heavy (non-hydrogen) atoms. The largest absolute Gasteiger partial charge is 0.361 e. The molecule has 1 unspecified atom stereocenters. The fourth-order valence-corrected chi connectivity index (χ4v) is 4.28. The van der Waals surface area contributed by atoms with Crippen LogP contribution in [0.2, 0.25) is 0 Å². The third-order valence-electron chi connectivity index (χ3n) is 6.01. The quantitative estimate of drug-likeness (QED) is 0.599. The van der Waals surface area contributed by atoms with Crippen molar-refractivity contribution in [1.29, 1.82) is 0 Å². The van der Waals surface area contributed by atoms with Crippen molar-refractivity contribution < 1.29 is 4.79 Å². The summed E-state index contributed by atoms with van der Waals surface area (Å²) < 4.78 is 0. The first kappa shape index (κ1) is 19.8. The Balaban J connectivity index is 1.35. The van der Waals surface area contributed by atoms with E-state index in [2.05, 4.69) is 51.2 Å². The van der Waals surface area contributed by atoms with Crippen LogP contribution >= 0.6 is 0 Å². The van der Waals surface area contributed by atoms with Gasteiger partial charge in [0, 0.05) is 56.7 Å². The van der Waals surface area contributed by atoms with Gasteiger partial charge in [-0.25, -0.2) is 4.79 Å². The van der Waals surface area contributed by atoms with Gasteiger partial charge in [-0.1, -0.05) is 30.3 Å². The molecule has 160 valence electrons. The van der Waals surface area contributed by atoms with E-state index in [1.807, 2.05) is 30.5 Å². The fraction of sp³-hybridized carbons (Fsp3) is 0.292. The molecule has 0 aromatic heterocycles. The Bertz CT molecular complexity index is 1020. The summed E-state index contributed by atoms with van der Waals surface area (Å²) in [6, 6.07) is 16.2. The Morgan fingerprint density at radius 2 is 1.81 bits per heavy atom. The number of nitrogens with two attached hydrogens (primary N) is 1. The molecule has 0 saturated carbocycles. The molecular weight excluding hydrogens is 388 g/mol. The lowest BCUT2D eigenvalue weighted by atomic mass is 10.1. The molecule has 0 bridgehead atoms. The third-order valence-corrected chi connectivity index (χ3v) is 6.01. The zero-order valence-electron chi connectivity index (χ0n) is 17.5. The van der Waals surface area contributed by atoms with Gasteiger partial charge < -0.3 is 21.7 Å². The highest BCUT2D eigenvalue weighted by Crippen LogP contribution is 2.28. The number of amides is 2. The second-order valence-electron chi connectivity index (χ2n) is 8.18. The van der Waals surface area contributed by atoms with Crippen LogP contribution in [0.15, 0.2) is 66.4 Å². The minimum absolute atomic E-state index is 0.149. The van der Waals surface area contributed by atoms with E-state index in [4.69, 9.17) is 5.73 Å². The average molecular weight is 417 g/mol. The van der Waals surface area contributed by atoms with Crippen LogP contribution in [0.5, 0.6) is 0 Å². The molecule has 1 fully saturated rings. The van der Waals surface area contributed by atoms with Crippen molar-refractivity contribution in [3.05, 3.63) is 83.1 Å². The number of carbonyl (C=O) groups excluding carboxylic acids is 1. The van der Waals surface area contributed by atoms with E-state index in [9.17, 15) is 4.79 Å². The van der Waals surface area contributed by atoms with Gasteiger partial charge in [0.2, 0.25) is 0 Å². The summed E-state index contributed by atoms with van der Waals surface area (Å²) in [5.41, 5.74) is 12.0. The van der Waals surface area contributed by atoms with Crippen molar-refractivity contribution in [2.45, 2.75) is 19.3 Å². The van der Waals surface area contributed by atoms with Crippen LogP contribution in [0.1, 0.15) is 16.7 Å². The van der Waals surface area contributed by atoms with Crippen molar-refractivity contribution in [3.63, 3.8) is 0 Å². The zero-order valence-corrected chi connectivity index (χ0v) is 17.5. The number of rotatable bonds is 5. The van der Waals surface area contributed by atoms with E-state index < -0.39 is 0 Å². The summed E-state index contributed by atoms with van der Waals surface area (Å²) in [5.74, 6) is 0. The fourth-order valence-electron chi connectivity index (χ4n) is 4.28. The number of carbonyl (C=O) groups is 1. The van der Waals surface area contributed by atoms with E-state index in [0.717, 1.165) is 60.8 Å². The Kier molecular flexibility index (Phi) is 5.46. The maximum Gasteiger partial charge on any atom is 0.327 e. The topological polar surface area (TPSA) is 85.7 Å². The molecule has 3 aliphatic rings. The Hall–Kier alpha value is -3.13. The maximum absolute atomic E-state index is 12.7.